The van der Waals surface area contributed by atoms with Crippen molar-refractivity contribution in [1.82, 2.24) is 4.90 Å². The summed E-state index contributed by atoms with van der Waals surface area (Å²) in [5, 5.41) is 9.08. The topological polar surface area (TPSA) is 49.8 Å². The summed E-state index contributed by atoms with van der Waals surface area (Å²) >= 11 is 0. The fourth-order valence-corrected chi connectivity index (χ4v) is 1.43. The van der Waals surface area contributed by atoms with E-state index in [1.165, 1.54) is 17.0 Å². The van der Waals surface area contributed by atoms with Gasteiger partial charge in [0.25, 0.3) is 0 Å². The number of halogens is 1. The molecule has 0 heterocycles. The van der Waals surface area contributed by atoms with Crippen LogP contribution in [0.15, 0.2) is 18.2 Å². The molecule has 0 saturated heterocycles. The predicted molar refractivity (Wildman–Crippen MR) is 70.6 cm³/mol. The second-order valence-corrected chi connectivity index (χ2v) is 5.44. The number of likely N-dealkylation sites (N-methyl/N-ethyl adjacent to an activating group) is 1. The lowest BCUT2D eigenvalue weighted by Gasteiger charge is -2.24. The summed E-state index contributed by atoms with van der Waals surface area (Å²) < 4.78 is 18.3. The van der Waals surface area contributed by atoms with Crippen LogP contribution in [0.1, 0.15) is 26.3 Å². The number of phenolic OH excluding ortho intramolecular Hbond substituents is 1. The average molecular weight is 269 g/mol. The Morgan fingerprint density at radius 3 is 2.58 bits per heavy atom. The molecule has 0 radical (unpaired) electrons. The van der Waals surface area contributed by atoms with Crippen LogP contribution < -0.4 is 0 Å². The monoisotopic (exact) mass is 269 g/mol. The molecule has 1 amide bonds. The number of carbonyl (C=O) groups is 1. The van der Waals surface area contributed by atoms with Crippen molar-refractivity contribution >= 4 is 6.09 Å². The van der Waals surface area contributed by atoms with E-state index < -0.39 is 17.5 Å². The Labute approximate surface area is 112 Å². The number of nitrogens with zero attached hydrogens (tertiary/aromatic N) is 1. The number of phenols is 1. The lowest BCUT2D eigenvalue weighted by atomic mass is 10.1. The number of ether oxygens (including phenoxy) is 1. The first-order valence-electron chi connectivity index (χ1n) is 6.10. The molecule has 1 rings (SSSR count). The van der Waals surface area contributed by atoms with Crippen molar-refractivity contribution in [1.29, 1.82) is 0 Å². The van der Waals surface area contributed by atoms with Gasteiger partial charge in [0.1, 0.15) is 5.60 Å². The number of hydrogen-bond acceptors (Lipinski definition) is 3. The van der Waals surface area contributed by atoms with Crippen LogP contribution in [-0.2, 0) is 11.2 Å². The van der Waals surface area contributed by atoms with Gasteiger partial charge in [-0.05, 0) is 44.9 Å². The zero-order chi connectivity index (χ0) is 14.6. The van der Waals surface area contributed by atoms with Gasteiger partial charge in [0, 0.05) is 13.6 Å². The molecule has 106 valence electrons. The molecule has 1 aromatic carbocycles. The lowest BCUT2D eigenvalue weighted by molar-refractivity contribution is 0.0301. The van der Waals surface area contributed by atoms with Crippen LogP contribution >= 0.6 is 0 Å². The summed E-state index contributed by atoms with van der Waals surface area (Å²) in [6.45, 7) is 5.81. The van der Waals surface area contributed by atoms with E-state index in [0.29, 0.717) is 18.5 Å². The van der Waals surface area contributed by atoms with Gasteiger partial charge < -0.3 is 14.7 Å². The molecule has 0 unspecified atom stereocenters. The molecule has 1 N–H and O–H groups in total. The van der Waals surface area contributed by atoms with Crippen LogP contribution in [0.5, 0.6) is 5.75 Å². The minimum Gasteiger partial charge on any atom is -0.505 e. The van der Waals surface area contributed by atoms with Crippen molar-refractivity contribution in [3.63, 3.8) is 0 Å². The van der Waals surface area contributed by atoms with Crippen molar-refractivity contribution in [2.24, 2.45) is 0 Å². The Kier molecular flexibility index (Phi) is 4.75. The zero-order valence-corrected chi connectivity index (χ0v) is 11.7. The van der Waals surface area contributed by atoms with Gasteiger partial charge in [-0.2, -0.15) is 0 Å². The maximum Gasteiger partial charge on any atom is 0.410 e. The average Bonchev–Trinajstić information content (AvgIpc) is 2.28. The standard InChI is InChI=1S/C14H20FNO3/c1-14(2,3)19-13(18)16(4)8-7-10-5-6-12(17)11(15)9-10/h5-6,9,17H,7-8H2,1-4H3. The second kappa shape index (κ2) is 5.91. The smallest absolute Gasteiger partial charge is 0.410 e. The number of aromatic hydroxyl groups is 1. The molecule has 0 aliphatic heterocycles. The molecule has 0 aliphatic carbocycles. The minimum atomic E-state index is -0.655. The van der Waals surface area contributed by atoms with E-state index in [9.17, 15) is 9.18 Å². The molecule has 0 spiro atoms. The zero-order valence-electron chi connectivity index (χ0n) is 11.7. The largest absolute Gasteiger partial charge is 0.505 e. The summed E-state index contributed by atoms with van der Waals surface area (Å²) in [7, 11) is 1.63. The normalized spacial score (nSPS) is 11.2. The summed E-state index contributed by atoms with van der Waals surface area (Å²) in [5.41, 5.74) is 0.182. The lowest BCUT2D eigenvalue weighted by Crippen LogP contribution is -2.35. The highest BCUT2D eigenvalue weighted by Gasteiger charge is 2.19. The second-order valence-electron chi connectivity index (χ2n) is 5.44. The Bertz CT molecular complexity index is 454. The van der Waals surface area contributed by atoms with E-state index in [1.807, 2.05) is 0 Å². The molecule has 0 fully saturated rings. The molecular weight excluding hydrogens is 249 g/mol. The summed E-state index contributed by atoms with van der Waals surface area (Å²) in [5.74, 6) is -1.03. The first kappa shape index (κ1) is 15.3. The minimum absolute atomic E-state index is 0.371. The maximum absolute atomic E-state index is 13.1. The molecule has 0 aromatic heterocycles. The van der Waals surface area contributed by atoms with Crippen LogP contribution in [-0.4, -0.2) is 35.3 Å². The van der Waals surface area contributed by atoms with Gasteiger partial charge >= 0.3 is 6.09 Å². The van der Waals surface area contributed by atoms with Gasteiger partial charge in [-0.1, -0.05) is 6.07 Å². The van der Waals surface area contributed by atoms with Crippen molar-refractivity contribution in [3.8, 4) is 5.75 Å². The van der Waals surface area contributed by atoms with Gasteiger partial charge in [0.05, 0.1) is 0 Å². The van der Waals surface area contributed by atoms with E-state index >= 15 is 0 Å². The van der Waals surface area contributed by atoms with E-state index in [0.717, 1.165) is 0 Å². The molecule has 0 atom stereocenters. The van der Waals surface area contributed by atoms with Crippen LogP contribution in [0.4, 0.5) is 9.18 Å². The Morgan fingerprint density at radius 2 is 2.05 bits per heavy atom. The number of carbonyl (C=O) groups excluding carboxylic acids is 1. The number of benzene rings is 1. The van der Waals surface area contributed by atoms with Gasteiger partial charge in [-0.15, -0.1) is 0 Å². The number of hydrogen-bond donors (Lipinski definition) is 1. The molecule has 1 aromatic rings. The molecule has 19 heavy (non-hydrogen) atoms. The fraction of sp³-hybridized carbons (Fsp3) is 0.500. The van der Waals surface area contributed by atoms with E-state index in [4.69, 9.17) is 9.84 Å². The third kappa shape index (κ3) is 5.16. The predicted octanol–water partition coefficient (Wildman–Crippen LogP) is 2.94. The van der Waals surface area contributed by atoms with E-state index in [2.05, 4.69) is 0 Å². The highest BCUT2D eigenvalue weighted by atomic mass is 19.1. The number of amides is 1. The molecular formula is C14H20FNO3. The van der Waals surface area contributed by atoms with E-state index in [1.54, 1.807) is 33.9 Å². The highest BCUT2D eigenvalue weighted by Crippen LogP contribution is 2.17. The van der Waals surface area contributed by atoms with Gasteiger partial charge in [0.15, 0.2) is 11.6 Å². The summed E-state index contributed by atoms with van der Waals surface area (Å²) in [6.07, 6.45) is 0.0826. The van der Waals surface area contributed by atoms with E-state index in [-0.39, 0.29) is 5.75 Å². The van der Waals surface area contributed by atoms with Crippen LogP contribution in [0.25, 0.3) is 0 Å². The van der Waals surface area contributed by atoms with Gasteiger partial charge in [-0.25, -0.2) is 9.18 Å². The first-order valence-corrected chi connectivity index (χ1v) is 6.10. The Balaban J connectivity index is 2.52. The third-order valence-electron chi connectivity index (χ3n) is 2.45. The van der Waals surface area contributed by atoms with Crippen LogP contribution in [0, 0.1) is 5.82 Å². The third-order valence-corrected chi connectivity index (χ3v) is 2.45. The fourth-order valence-electron chi connectivity index (χ4n) is 1.43. The first-order chi connectivity index (χ1) is 8.69. The van der Waals surface area contributed by atoms with Crippen LogP contribution in [0.2, 0.25) is 0 Å². The Morgan fingerprint density at radius 1 is 1.42 bits per heavy atom. The van der Waals surface area contributed by atoms with Gasteiger partial charge in [-0.3, -0.25) is 0 Å². The number of rotatable bonds is 3. The quantitative estimate of drug-likeness (QED) is 0.917. The van der Waals surface area contributed by atoms with Crippen molar-refractivity contribution < 1.29 is 19.0 Å². The Hall–Kier alpha value is -1.78. The molecule has 0 saturated carbocycles. The van der Waals surface area contributed by atoms with Crippen LogP contribution in [0.3, 0.4) is 0 Å². The maximum atomic E-state index is 13.1. The highest BCUT2D eigenvalue weighted by molar-refractivity contribution is 5.67. The van der Waals surface area contributed by atoms with Crippen molar-refractivity contribution in [3.05, 3.63) is 29.6 Å². The molecule has 0 bridgehead atoms. The molecule has 0 aliphatic rings. The van der Waals surface area contributed by atoms with Crippen molar-refractivity contribution in [2.75, 3.05) is 13.6 Å². The SMILES string of the molecule is CN(CCc1ccc(O)c(F)c1)C(=O)OC(C)(C)C. The molecule has 5 heteroatoms. The van der Waals surface area contributed by atoms with Gasteiger partial charge in [0.2, 0.25) is 0 Å². The summed E-state index contributed by atoms with van der Waals surface area (Å²) in [4.78, 5) is 13.1. The van der Waals surface area contributed by atoms with Crippen molar-refractivity contribution in [2.45, 2.75) is 32.8 Å². The molecule has 4 nitrogen and oxygen atoms in total. The summed E-state index contributed by atoms with van der Waals surface area (Å²) in [6, 6.07) is 4.19.